The van der Waals surface area contributed by atoms with Crippen molar-refractivity contribution in [3.8, 4) is 11.5 Å². The molecule has 2 aliphatic heterocycles. The van der Waals surface area contributed by atoms with E-state index in [1.54, 1.807) is 0 Å². The van der Waals surface area contributed by atoms with Crippen LogP contribution in [0.3, 0.4) is 0 Å². The van der Waals surface area contributed by atoms with Gasteiger partial charge in [-0.1, -0.05) is 25.5 Å². The van der Waals surface area contributed by atoms with Gasteiger partial charge in [-0.25, -0.2) is 0 Å². The molecule has 2 fully saturated rings. The third-order valence-corrected chi connectivity index (χ3v) is 6.03. The Balaban J connectivity index is 1.67. The molecule has 1 aromatic rings. The van der Waals surface area contributed by atoms with E-state index in [4.69, 9.17) is 14.2 Å². The van der Waals surface area contributed by atoms with E-state index in [1.807, 2.05) is 13.0 Å². The Morgan fingerprint density at radius 3 is 2.57 bits per heavy atom. The van der Waals surface area contributed by atoms with Crippen LogP contribution in [0.4, 0.5) is 0 Å². The Labute approximate surface area is 170 Å². The highest BCUT2D eigenvalue weighted by Gasteiger charge is 2.38. The molecule has 28 heavy (non-hydrogen) atoms. The van der Waals surface area contributed by atoms with Gasteiger partial charge in [0, 0.05) is 37.4 Å². The maximum atomic E-state index is 6.06. The molecule has 0 amide bonds. The maximum absolute atomic E-state index is 6.06. The lowest BCUT2D eigenvalue weighted by Crippen LogP contribution is -2.59. The van der Waals surface area contributed by atoms with Crippen LogP contribution in [0.15, 0.2) is 18.2 Å². The van der Waals surface area contributed by atoms with Crippen molar-refractivity contribution in [2.24, 2.45) is 0 Å². The molecule has 0 unspecified atom stereocenters. The first-order chi connectivity index (χ1) is 13.8. The lowest BCUT2D eigenvalue weighted by Gasteiger charge is -2.48. The Morgan fingerprint density at radius 1 is 1.07 bits per heavy atom. The molecule has 158 valence electrons. The van der Waals surface area contributed by atoms with Crippen LogP contribution in [0.25, 0.3) is 0 Å². The summed E-state index contributed by atoms with van der Waals surface area (Å²) in [6, 6.07) is 6.22. The highest BCUT2D eigenvalue weighted by atomic mass is 16.5. The quantitative estimate of drug-likeness (QED) is 0.654. The van der Waals surface area contributed by atoms with E-state index < -0.39 is 0 Å². The zero-order chi connectivity index (χ0) is 19.7. The average molecular weight is 391 g/mol. The molecule has 5 heteroatoms. The smallest absolute Gasteiger partial charge is 0.165 e. The van der Waals surface area contributed by atoms with Crippen LogP contribution in [0.2, 0.25) is 0 Å². The first-order valence-electron chi connectivity index (χ1n) is 11.2. The van der Waals surface area contributed by atoms with Gasteiger partial charge in [-0.15, -0.1) is 0 Å². The summed E-state index contributed by atoms with van der Waals surface area (Å²) in [6.07, 6.45) is 7.27. The van der Waals surface area contributed by atoms with Gasteiger partial charge in [-0.3, -0.25) is 4.90 Å². The zero-order valence-electron chi connectivity index (χ0n) is 17.8. The summed E-state index contributed by atoms with van der Waals surface area (Å²) in [4.78, 5) is 2.73. The molecule has 3 rings (SSSR count). The molecule has 0 radical (unpaired) electrons. The monoisotopic (exact) mass is 390 g/mol. The van der Waals surface area contributed by atoms with Gasteiger partial charge in [0.25, 0.3) is 0 Å². The molecule has 2 heterocycles. The van der Waals surface area contributed by atoms with E-state index in [2.05, 4.69) is 29.3 Å². The molecular weight excluding hydrogens is 352 g/mol. The first-order valence-corrected chi connectivity index (χ1v) is 11.2. The van der Waals surface area contributed by atoms with Crippen molar-refractivity contribution in [1.82, 2.24) is 10.2 Å². The summed E-state index contributed by atoms with van der Waals surface area (Å²) in [6.45, 7) is 11.5. The molecule has 1 N–H and O–H groups in total. The van der Waals surface area contributed by atoms with Crippen molar-refractivity contribution < 1.29 is 14.2 Å². The third-order valence-electron chi connectivity index (χ3n) is 6.03. The van der Waals surface area contributed by atoms with Gasteiger partial charge in [0.15, 0.2) is 11.5 Å². The van der Waals surface area contributed by atoms with Crippen molar-refractivity contribution in [1.29, 1.82) is 0 Å². The molecule has 5 nitrogen and oxygen atoms in total. The second-order valence-electron chi connectivity index (χ2n) is 8.01. The molecule has 0 aromatic heterocycles. The highest BCUT2D eigenvalue weighted by Crippen LogP contribution is 2.33. The van der Waals surface area contributed by atoms with E-state index in [9.17, 15) is 0 Å². The molecular formula is C23H38N2O3. The van der Waals surface area contributed by atoms with Crippen LogP contribution in [0.1, 0.15) is 57.9 Å². The van der Waals surface area contributed by atoms with E-state index in [0.29, 0.717) is 13.2 Å². The molecule has 0 aliphatic carbocycles. The van der Waals surface area contributed by atoms with Gasteiger partial charge in [0.05, 0.1) is 13.2 Å². The number of benzene rings is 1. The maximum Gasteiger partial charge on any atom is 0.165 e. The van der Waals surface area contributed by atoms with Crippen LogP contribution in [0.5, 0.6) is 11.5 Å². The van der Waals surface area contributed by atoms with Crippen LogP contribution < -0.4 is 14.8 Å². The van der Waals surface area contributed by atoms with Gasteiger partial charge in [-0.2, -0.15) is 0 Å². The molecule has 2 aliphatic rings. The summed E-state index contributed by atoms with van der Waals surface area (Å²) in [5.74, 6) is 1.75. The van der Waals surface area contributed by atoms with E-state index in [-0.39, 0.29) is 5.54 Å². The number of ether oxygens (including phenoxy) is 3. The SMILES string of the molecule is CCCOc1c(CNCC2(N3CCCCC3)CCOCC2)cccc1OCC. The fraction of sp³-hybridized carbons (Fsp3) is 0.739. The normalized spacial score (nSPS) is 20.1. The number of hydrogen-bond donors (Lipinski definition) is 1. The minimum Gasteiger partial charge on any atom is -0.490 e. The van der Waals surface area contributed by atoms with Gasteiger partial charge in [0.1, 0.15) is 0 Å². The summed E-state index contributed by atoms with van der Waals surface area (Å²) >= 11 is 0. The molecule has 0 saturated carbocycles. The van der Waals surface area contributed by atoms with Crippen molar-refractivity contribution in [3.05, 3.63) is 23.8 Å². The standard InChI is InChI=1S/C23H38N2O3/c1-3-15-28-22-20(9-8-10-21(22)27-4-2)18-24-19-23(11-16-26-17-12-23)25-13-6-5-7-14-25/h8-10,24H,3-7,11-19H2,1-2H3. The lowest BCUT2D eigenvalue weighted by atomic mass is 9.86. The van der Waals surface area contributed by atoms with E-state index in [1.165, 1.54) is 37.9 Å². The average Bonchev–Trinajstić information content (AvgIpc) is 2.75. The fourth-order valence-corrected chi connectivity index (χ4v) is 4.49. The minimum atomic E-state index is 0.237. The van der Waals surface area contributed by atoms with Gasteiger partial charge >= 0.3 is 0 Å². The van der Waals surface area contributed by atoms with Gasteiger partial charge < -0.3 is 19.5 Å². The third kappa shape index (κ3) is 5.40. The number of rotatable bonds is 10. The van der Waals surface area contributed by atoms with Crippen LogP contribution in [-0.2, 0) is 11.3 Å². The highest BCUT2D eigenvalue weighted by molar-refractivity contribution is 5.46. The molecule has 2 saturated heterocycles. The fourth-order valence-electron chi connectivity index (χ4n) is 4.49. The summed E-state index contributed by atoms with van der Waals surface area (Å²) in [5.41, 5.74) is 1.42. The molecule has 1 aromatic carbocycles. The summed E-state index contributed by atoms with van der Waals surface area (Å²) in [5, 5.41) is 3.76. The number of hydrogen-bond acceptors (Lipinski definition) is 5. The predicted octanol–water partition coefficient (Wildman–Crippen LogP) is 4.00. The number of nitrogens with zero attached hydrogens (tertiary/aromatic N) is 1. The lowest BCUT2D eigenvalue weighted by molar-refractivity contribution is -0.0358. The van der Waals surface area contributed by atoms with Gasteiger partial charge in [-0.05, 0) is 58.2 Å². The molecule has 0 spiro atoms. The number of para-hydroxylation sites is 1. The Bertz CT molecular complexity index is 581. The number of nitrogens with one attached hydrogen (secondary N) is 1. The van der Waals surface area contributed by atoms with Crippen LogP contribution in [0, 0.1) is 0 Å². The van der Waals surface area contributed by atoms with Crippen molar-refractivity contribution in [2.45, 2.75) is 64.5 Å². The molecule has 0 atom stereocenters. The van der Waals surface area contributed by atoms with E-state index in [0.717, 1.165) is 57.1 Å². The van der Waals surface area contributed by atoms with Gasteiger partial charge in [0.2, 0.25) is 0 Å². The van der Waals surface area contributed by atoms with Crippen molar-refractivity contribution in [3.63, 3.8) is 0 Å². The van der Waals surface area contributed by atoms with E-state index >= 15 is 0 Å². The second-order valence-corrected chi connectivity index (χ2v) is 8.01. The predicted molar refractivity (Wildman–Crippen MR) is 113 cm³/mol. The van der Waals surface area contributed by atoms with Crippen molar-refractivity contribution in [2.75, 3.05) is 46.1 Å². The number of piperidine rings is 1. The molecule has 0 bridgehead atoms. The summed E-state index contributed by atoms with van der Waals surface area (Å²) in [7, 11) is 0. The van der Waals surface area contributed by atoms with Crippen molar-refractivity contribution >= 4 is 0 Å². The largest absolute Gasteiger partial charge is 0.490 e. The second kappa shape index (κ2) is 11.0. The van der Waals surface area contributed by atoms with Crippen LogP contribution >= 0.6 is 0 Å². The Kier molecular flexibility index (Phi) is 8.44. The first kappa shape index (κ1) is 21.4. The summed E-state index contributed by atoms with van der Waals surface area (Å²) < 4.78 is 17.6. The minimum absolute atomic E-state index is 0.237. The van der Waals surface area contributed by atoms with Crippen LogP contribution in [-0.4, -0.2) is 56.5 Å². The zero-order valence-corrected chi connectivity index (χ0v) is 17.8. The Morgan fingerprint density at radius 2 is 1.86 bits per heavy atom. The topological polar surface area (TPSA) is 43.0 Å². The number of likely N-dealkylation sites (tertiary alicyclic amines) is 1. The Hall–Kier alpha value is -1.30.